The molecule has 3 rings (SSSR count). The molecule has 1 N–H and O–H groups in total. The molecule has 0 radical (unpaired) electrons. The van der Waals surface area contributed by atoms with Crippen molar-refractivity contribution in [1.82, 2.24) is 10.2 Å². The first-order valence-electron chi connectivity index (χ1n) is 9.58. The molecule has 5 nitrogen and oxygen atoms in total. The zero-order valence-corrected chi connectivity index (χ0v) is 14.8. The van der Waals surface area contributed by atoms with Crippen molar-refractivity contribution in [2.24, 2.45) is 0 Å². The summed E-state index contributed by atoms with van der Waals surface area (Å²) in [7, 11) is 0. The smallest absolute Gasteiger partial charge is 0.410 e. The monoisotopic (exact) mass is 344 g/mol. The highest BCUT2D eigenvalue weighted by atomic mass is 16.6. The topological polar surface area (TPSA) is 58.6 Å². The fourth-order valence-corrected chi connectivity index (χ4v) is 3.80. The first-order chi connectivity index (χ1) is 12.2. The molecular formula is C20H28N2O3. The van der Waals surface area contributed by atoms with Crippen LogP contribution >= 0.6 is 0 Å². The van der Waals surface area contributed by atoms with E-state index in [4.69, 9.17) is 4.74 Å². The van der Waals surface area contributed by atoms with Gasteiger partial charge in [-0.15, -0.1) is 0 Å². The second kappa shape index (κ2) is 8.88. The van der Waals surface area contributed by atoms with Crippen molar-refractivity contribution in [3.8, 4) is 5.75 Å². The number of nitrogens with one attached hydrogen (secondary N) is 1. The van der Waals surface area contributed by atoms with Gasteiger partial charge in [0, 0.05) is 12.6 Å². The molecule has 25 heavy (non-hydrogen) atoms. The predicted molar refractivity (Wildman–Crippen MR) is 96.4 cm³/mol. The molecule has 1 aromatic carbocycles. The number of likely N-dealkylation sites (tertiary alicyclic amines) is 1. The fourth-order valence-electron chi connectivity index (χ4n) is 3.80. The fraction of sp³-hybridized carbons (Fsp3) is 0.600. The minimum absolute atomic E-state index is 0.0203. The van der Waals surface area contributed by atoms with Gasteiger partial charge < -0.3 is 10.1 Å². The minimum atomic E-state index is -0.429. The van der Waals surface area contributed by atoms with Crippen LogP contribution in [0.2, 0.25) is 0 Å². The summed E-state index contributed by atoms with van der Waals surface area (Å²) in [4.78, 5) is 26.7. The van der Waals surface area contributed by atoms with Crippen LogP contribution in [0.25, 0.3) is 0 Å². The van der Waals surface area contributed by atoms with E-state index in [1.807, 2.05) is 18.2 Å². The van der Waals surface area contributed by atoms with Crippen LogP contribution in [0.1, 0.15) is 57.8 Å². The Bertz CT molecular complexity index is 568. The van der Waals surface area contributed by atoms with Gasteiger partial charge in [-0.25, -0.2) is 4.79 Å². The molecule has 1 aromatic rings. The quantitative estimate of drug-likeness (QED) is 0.905. The van der Waals surface area contributed by atoms with Crippen LogP contribution in [0.4, 0.5) is 4.79 Å². The average molecular weight is 344 g/mol. The molecule has 1 aliphatic carbocycles. The third-order valence-corrected chi connectivity index (χ3v) is 5.19. The lowest BCUT2D eigenvalue weighted by Gasteiger charge is -2.27. The van der Waals surface area contributed by atoms with E-state index >= 15 is 0 Å². The number of para-hydroxylation sites is 1. The standard InChI is InChI=1S/C20H28N2O3/c23-19(21-16-10-5-2-1-3-6-11-16)18-14-9-15-22(18)20(24)25-17-12-7-4-8-13-17/h4,7-8,12-13,16,18H,1-3,5-6,9-11,14-15H2,(H,21,23)/t18-/m1/s1. The third kappa shape index (κ3) is 4.97. The van der Waals surface area contributed by atoms with E-state index in [1.165, 1.54) is 32.1 Å². The summed E-state index contributed by atoms with van der Waals surface area (Å²) in [6.45, 7) is 0.578. The van der Waals surface area contributed by atoms with Crippen molar-refractivity contribution < 1.29 is 14.3 Å². The van der Waals surface area contributed by atoms with Gasteiger partial charge in [0.2, 0.25) is 5.91 Å². The van der Waals surface area contributed by atoms with Gasteiger partial charge >= 0.3 is 6.09 Å². The number of hydrogen-bond acceptors (Lipinski definition) is 3. The average Bonchev–Trinajstić information content (AvgIpc) is 3.08. The first kappa shape index (κ1) is 17.8. The Hall–Kier alpha value is -2.04. The maximum absolute atomic E-state index is 12.7. The molecule has 1 atom stereocenters. The minimum Gasteiger partial charge on any atom is -0.410 e. The van der Waals surface area contributed by atoms with E-state index in [0.717, 1.165) is 19.3 Å². The van der Waals surface area contributed by atoms with E-state index < -0.39 is 12.1 Å². The van der Waals surface area contributed by atoms with Gasteiger partial charge in [-0.1, -0.05) is 50.3 Å². The van der Waals surface area contributed by atoms with Crippen molar-refractivity contribution in [1.29, 1.82) is 0 Å². The highest BCUT2D eigenvalue weighted by molar-refractivity contribution is 5.86. The van der Waals surface area contributed by atoms with E-state index in [9.17, 15) is 9.59 Å². The van der Waals surface area contributed by atoms with Crippen LogP contribution in [0.5, 0.6) is 5.75 Å². The number of benzene rings is 1. The zero-order chi connectivity index (χ0) is 17.5. The van der Waals surface area contributed by atoms with Crippen LogP contribution in [0.3, 0.4) is 0 Å². The summed E-state index contributed by atoms with van der Waals surface area (Å²) in [6.07, 6.45) is 9.39. The molecule has 2 amide bonds. The molecule has 5 heteroatoms. The van der Waals surface area contributed by atoms with Crippen molar-refractivity contribution in [2.45, 2.75) is 69.9 Å². The largest absolute Gasteiger partial charge is 0.415 e. The second-order valence-electron chi connectivity index (χ2n) is 7.08. The molecule has 1 saturated carbocycles. The van der Waals surface area contributed by atoms with Gasteiger partial charge in [0.05, 0.1) is 0 Å². The SMILES string of the molecule is O=C(NC1CCCCCCC1)[C@H]1CCCN1C(=O)Oc1ccccc1. The van der Waals surface area contributed by atoms with Gasteiger partial charge in [0.15, 0.2) is 0 Å². The number of hydrogen-bond donors (Lipinski definition) is 1. The lowest BCUT2D eigenvalue weighted by molar-refractivity contribution is -0.125. The number of amides is 2. The molecular weight excluding hydrogens is 316 g/mol. The molecule has 1 heterocycles. The predicted octanol–water partition coefficient (Wildman–Crippen LogP) is 3.88. The van der Waals surface area contributed by atoms with E-state index in [0.29, 0.717) is 18.7 Å². The Morgan fingerprint density at radius 3 is 2.32 bits per heavy atom. The van der Waals surface area contributed by atoms with Gasteiger partial charge in [-0.05, 0) is 37.8 Å². The third-order valence-electron chi connectivity index (χ3n) is 5.19. The molecule has 136 valence electrons. The highest BCUT2D eigenvalue weighted by Crippen LogP contribution is 2.22. The van der Waals surface area contributed by atoms with Crippen molar-refractivity contribution in [3.05, 3.63) is 30.3 Å². The molecule has 2 fully saturated rings. The van der Waals surface area contributed by atoms with Crippen LogP contribution in [0, 0.1) is 0 Å². The zero-order valence-electron chi connectivity index (χ0n) is 14.8. The Morgan fingerprint density at radius 2 is 1.60 bits per heavy atom. The summed E-state index contributed by atoms with van der Waals surface area (Å²) in [5.41, 5.74) is 0. The Labute approximate surface area is 149 Å². The summed E-state index contributed by atoms with van der Waals surface area (Å²) in [6, 6.07) is 8.87. The lowest BCUT2D eigenvalue weighted by atomic mass is 9.96. The summed E-state index contributed by atoms with van der Waals surface area (Å²) in [5.74, 6) is 0.492. The normalized spacial score (nSPS) is 22.1. The van der Waals surface area contributed by atoms with Crippen LogP contribution in [-0.4, -0.2) is 35.5 Å². The van der Waals surface area contributed by atoms with Crippen LogP contribution < -0.4 is 10.1 Å². The van der Waals surface area contributed by atoms with Crippen LogP contribution in [-0.2, 0) is 4.79 Å². The number of nitrogens with zero attached hydrogens (tertiary/aromatic N) is 1. The van der Waals surface area contributed by atoms with Crippen molar-refractivity contribution in [2.75, 3.05) is 6.54 Å². The van der Waals surface area contributed by atoms with E-state index in [1.54, 1.807) is 17.0 Å². The van der Waals surface area contributed by atoms with Gasteiger partial charge in [0.25, 0.3) is 0 Å². The van der Waals surface area contributed by atoms with Gasteiger partial charge in [-0.3, -0.25) is 9.69 Å². The van der Waals surface area contributed by atoms with Gasteiger partial charge in [0.1, 0.15) is 11.8 Å². The highest BCUT2D eigenvalue weighted by Gasteiger charge is 2.36. The Balaban J connectivity index is 1.56. The van der Waals surface area contributed by atoms with Crippen LogP contribution in [0.15, 0.2) is 30.3 Å². The van der Waals surface area contributed by atoms with Crippen molar-refractivity contribution in [3.63, 3.8) is 0 Å². The number of rotatable bonds is 3. The van der Waals surface area contributed by atoms with E-state index in [2.05, 4.69) is 5.32 Å². The molecule has 1 aliphatic heterocycles. The van der Waals surface area contributed by atoms with Gasteiger partial charge in [-0.2, -0.15) is 0 Å². The number of ether oxygens (including phenoxy) is 1. The molecule has 0 unspecified atom stereocenters. The van der Waals surface area contributed by atoms with E-state index in [-0.39, 0.29) is 11.9 Å². The maximum atomic E-state index is 12.7. The second-order valence-corrected chi connectivity index (χ2v) is 7.08. The number of carbonyl (C=O) groups is 2. The molecule has 0 bridgehead atoms. The number of carbonyl (C=O) groups excluding carboxylic acids is 2. The lowest BCUT2D eigenvalue weighted by Crippen LogP contribution is -2.49. The summed E-state index contributed by atoms with van der Waals surface area (Å²) in [5, 5.41) is 3.19. The summed E-state index contributed by atoms with van der Waals surface area (Å²) >= 11 is 0. The first-order valence-corrected chi connectivity index (χ1v) is 9.58. The Morgan fingerprint density at radius 1 is 0.920 bits per heavy atom. The maximum Gasteiger partial charge on any atom is 0.415 e. The molecule has 0 aromatic heterocycles. The molecule has 2 aliphatic rings. The molecule has 0 spiro atoms. The van der Waals surface area contributed by atoms with Crippen molar-refractivity contribution >= 4 is 12.0 Å². The Kier molecular flexibility index (Phi) is 6.31. The molecule has 1 saturated heterocycles. The summed E-state index contributed by atoms with van der Waals surface area (Å²) < 4.78 is 5.41.